The number of rotatable bonds is 6. The molecule has 1 aromatic rings. The summed E-state index contributed by atoms with van der Waals surface area (Å²) < 4.78 is 5.32. The molecule has 0 radical (unpaired) electrons. The van der Waals surface area contributed by atoms with Gasteiger partial charge in [0.2, 0.25) is 5.91 Å². The van der Waals surface area contributed by atoms with Gasteiger partial charge in [0.05, 0.1) is 7.11 Å². The summed E-state index contributed by atoms with van der Waals surface area (Å²) in [5, 5.41) is 0. The zero-order valence-corrected chi connectivity index (χ0v) is 11.5. The van der Waals surface area contributed by atoms with Crippen LogP contribution in [0.3, 0.4) is 0 Å². The summed E-state index contributed by atoms with van der Waals surface area (Å²) in [5.74, 6) is 1.30. The van der Waals surface area contributed by atoms with Gasteiger partial charge in [-0.25, -0.2) is 5.43 Å². The summed E-state index contributed by atoms with van der Waals surface area (Å²) >= 11 is 0. The maximum atomic E-state index is 11.4. The zero-order valence-electron chi connectivity index (χ0n) is 11.5. The third-order valence-corrected chi connectivity index (χ3v) is 2.86. The molecule has 0 aliphatic carbocycles. The Kier molecular flexibility index (Phi) is 5.65. The molecule has 0 aliphatic rings. The number of methoxy groups -OCH3 is 1. The fourth-order valence-corrected chi connectivity index (χ4v) is 1.80. The van der Waals surface area contributed by atoms with Crippen LogP contribution in [0.25, 0.3) is 0 Å². The van der Waals surface area contributed by atoms with Gasteiger partial charge in [-0.2, -0.15) is 0 Å². The van der Waals surface area contributed by atoms with Crippen LogP contribution < -0.4 is 15.6 Å². The second-order valence-corrected chi connectivity index (χ2v) is 4.52. The molecule has 4 nitrogen and oxygen atoms in total. The number of amides is 1. The Bertz CT molecular complexity index is 403. The number of ether oxygens (including phenoxy) is 1. The fourth-order valence-electron chi connectivity index (χ4n) is 1.80. The molecule has 1 rings (SSSR count). The minimum absolute atomic E-state index is 0.0190. The van der Waals surface area contributed by atoms with E-state index >= 15 is 0 Å². The summed E-state index contributed by atoms with van der Waals surface area (Å²) in [4.78, 5) is 11.4. The Morgan fingerprint density at radius 1 is 1.39 bits per heavy atom. The van der Waals surface area contributed by atoms with Crippen molar-refractivity contribution in [1.29, 1.82) is 0 Å². The summed E-state index contributed by atoms with van der Waals surface area (Å²) in [5.41, 5.74) is 7.53. The second kappa shape index (κ2) is 7.01. The van der Waals surface area contributed by atoms with Crippen molar-refractivity contribution in [3.8, 4) is 5.75 Å². The smallest absolute Gasteiger partial charge is 0.234 e. The minimum atomic E-state index is -0.0190. The number of carbonyl (C=O) groups is 1. The van der Waals surface area contributed by atoms with Crippen molar-refractivity contribution < 1.29 is 9.53 Å². The quantitative estimate of drug-likeness (QED) is 0.759. The highest BCUT2D eigenvalue weighted by atomic mass is 16.5. The summed E-state index contributed by atoms with van der Waals surface area (Å²) in [6.45, 7) is 4.30. The van der Waals surface area contributed by atoms with E-state index in [1.54, 1.807) is 14.2 Å². The van der Waals surface area contributed by atoms with E-state index in [1.165, 1.54) is 5.56 Å². The van der Waals surface area contributed by atoms with Crippen LogP contribution in [0, 0.1) is 0 Å². The summed E-state index contributed by atoms with van der Waals surface area (Å²) in [6, 6.07) is 6.16. The molecule has 2 N–H and O–H groups in total. The highest BCUT2D eigenvalue weighted by Gasteiger charge is 2.09. The Labute approximate surface area is 109 Å². The van der Waals surface area contributed by atoms with Gasteiger partial charge in [-0.1, -0.05) is 26.0 Å². The lowest BCUT2D eigenvalue weighted by atomic mass is 9.98. The molecule has 0 spiro atoms. The van der Waals surface area contributed by atoms with Gasteiger partial charge in [-0.3, -0.25) is 10.2 Å². The van der Waals surface area contributed by atoms with Gasteiger partial charge < -0.3 is 4.74 Å². The molecule has 0 unspecified atom stereocenters. The zero-order chi connectivity index (χ0) is 13.5. The topological polar surface area (TPSA) is 50.4 Å². The van der Waals surface area contributed by atoms with E-state index in [9.17, 15) is 4.79 Å². The molecule has 0 bridgehead atoms. The maximum absolute atomic E-state index is 11.4. The van der Waals surface area contributed by atoms with E-state index in [-0.39, 0.29) is 5.91 Å². The molecular weight excluding hydrogens is 228 g/mol. The number of carbonyl (C=O) groups excluding carboxylic acids is 1. The van der Waals surface area contributed by atoms with Crippen molar-refractivity contribution in [1.82, 2.24) is 10.9 Å². The highest BCUT2D eigenvalue weighted by molar-refractivity contribution is 5.75. The van der Waals surface area contributed by atoms with Crippen molar-refractivity contribution in [2.24, 2.45) is 0 Å². The molecule has 18 heavy (non-hydrogen) atoms. The van der Waals surface area contributed by atoms with Crippen molar-refractivity contribution in [2.75, 3.05) is 14.2 Å². The molecule has 0 fully saturated rings. The van der Waals surface area contributed by atoms with Crippen molar-refractivity contribution in [2.45, 2.75) is 32.6 Å². The first-order valence-electron chi connectivity index (χ1n) is 6.21. The van der Waals surface area contributed by atoms with Crippen LogP contribution in [0.15, 0.2) is 18.2 Å². The van der Waals surface area contributed by atoms with Gasteiger partial charge >= 0.3 is 0 Å². The van der Waals surface area contributed by atoms with E-state index in [4.69, 9.17) is 4.74 Å². The maximum Gasteiger partial charge on any atom is 0.234 e. The largest absolute Gasteiger partial charge is 0.496 e. The fraction of sp³-hybridized carbons (Fsp3) is 0.500. The number of hydrazine groups is 1. The Balaban J connectivity index is 2.78. The third kappa shape index (κ3) is 4.04. The first-order chi connectivity index (χ1) is 8.58. The van der Waals surface area contributed by atoms with Crippen LogP contribution in [-0.2, 0) is 11.2 Å². The predicted octanol–water partition coefficient (Wildman–Crippen LogP) is 2.00. The van der Waals surface area contributed by atoms with Gasteiger partial charge in [0.15, 0.2) is 0 Å². The second-order valence-electron chi connectivity index (χ2n) is 4.52. The lowest BCUT2D eigenvalue weighted by Crippen LogP contribution is -2.34. The van der Waals surface area contributed by atoms with E-state index in [1.807, 2.05) is 6.07 Å². The molecule has 0 atom stereocenters. The van der Waals surface area contributed by atoms with E-state index < -0.39 is 0 Å². The normalized spacial score (nSPS) is 10.5. The van der Waals surface area contributed by atoms with Crippen LogP contribution in [-0.4, -0.2) is 20.1 Å². The molecule has 0 aromatic heterocycles. The predicted molar refractivity (Wildman–Crippen MR) is 72.6 cm³/mol. The van der Waals surface area contributed by atoms with Crippen LogP contribution in [0.1, 0.15) is 37.3 Å². The number of hydrogen-bond donors (Lipinski definition) is 2. The van der Waals surface area contributed by atoms with Crippen molar-refractivity contribution in [3.63, 3.8) is 0 Å². The molecule has 100 valence electrons. The van der Waals surface area contributed by atoms with Gasteiger partial charge in [-0.05, 0) is 29.5 Å². The van der Waals surface area contributed by atoms with E-state index in [0.29, 0.717) is 18.8 Å². The lowest BCUT2D eigenvalue weighted by molar-refractivity contribution is -0.121. The molecule has 0 aliphatic heterocycles. The van der Waals surface area contributed by atoms with Gasteiger partial charge in [0.25, 0.3) is 0 Å². The Hall–Kier alpha value is -1.55. The van der Waals surface area contributed by atoms with Gasteiger partial charge in [0, 0.05) is 13.5 Å². The van der Waals surface area contributed by atoms with Gasteiger partial charge in [-0.15, -0.1) is 0 Å². The van der Waals surface area contributed by atoms with Crippen LogP contribution in [0.4, 0.5) is 0 Å². The third-order valence-electron chi connectivity index (χ3n) is 2.86. The summed E-state index contributed by atoms with van der Waals surface area (Å²) in [7, 11) is 3.33. The minimum Gasteiger partial charge on any atom is -0.496 e. The number of nitrogens with one attached hydrogen (secondary N) is 2. The molecular formula is C14H22N2O2. The highest BCUT2D eigenvalue weighted by Crippen LogP contribution is 2.25. The number of hydrogen-bond acceptors (Lipinski definition) is 3. The molecule has 0 saturated carbocycles. The molecule has 1 amide bonds. The SMILES string of the molecule is CNNC(=O)CCc1cc(C(C)C)ccc1OC. The number of benzene rings is 1. The van der Waals surface area contributed by atoms with Crippen molar-refractivity contribution >= 4 is 5.91 Å². The van der Waals surface area contributed by atoms with E-state index in [0.717, 1.165) is 11.3 Å². The van der Waals surface area contributed by atoms with Gasteiger partial charge in [0.1, 0.15) is 5.75 Å². The van der Waals surface area contributed by atoms with Crippen molar-refractivity contribution in [3.05, 3.63) is 29.3 Å². The monoisotopic (exact) mass is 250 g/mol. The first-order valence-corrected chi connectivity index (χ1v) is 6.21. The Morgan fingerprint density at radius 2 is 2.11 bits per heavy atom. The van der Waals surface area contributed by atoms with E-state index in [2.05, 4.69) is 36.8 Å². The van der Waals surface area contributed by atoms with Crippen LogP contribution in [0.5, 0.6) is 5.75 Å². The molecule has 1 aromatic carbocycles. The average Bonchev–Trinajstić information content (AvgIpc) is 2.36. The Morgan fingerprint density at radius 3 is 2.67 bits per heavy atom. The standard InChI is InChI=1S/C14H22N2O2/c1-10(2)11-5-7-13(18-4)12(9-11)6-8-14(17)16-15-3/h5,7,9-10,15H,6,8H2,1-4H3,(H,16,17). The average molecular weight is 250 g/mol. The van der Waals surface area contributed by atoms with Crippen LogP contribution in [0.2, 0.25) is 0 Å². The molecule has 4 heteroatoms. The number of aryl methyl sites for hydroxylation is 1. The first kappa shape index (κ1) is 14.5. The molecule has 0 saturated heterocycles. The summed E-state index contributed by atoms with van der Waals surface area (Å²) in [6.07, 6.45) is 1.12. The lowest BCUT2D eigenvalue weighted by Gasteiger charge is -2.12. The van der Waals surface area contributed by atoms with Crippen LogP contribution >= 0.6 is 0 Å². The molecule has 0 heterocycles.